The minimum absolute atomic E-state index is 0.210. The van der Waals surface area contributed by atoms with Crippen LogP contribution in [0.1, 0.15) is 46.5 Å². The summed E-state index contributed by atoms with van der Waals surface area (Å²) >= 11 is 0. The number of carboxylic acids is 1. The Bertz CT molecular complexity index is 403. The predicted octanol–water partition coefficient (Wildman–Crippen LogP) is -0.437. The quantitative estimate of drug-likeness (QED) is 0.324. The van der Waals surface area contributed by atoms with Crippen molar-refractivity contribution in [3.8, 4) is 0 Å². The first kappa shape index (κ1) is 21.3. The van der Waals surface area contributed by atoms with E-state index in [0.717, 1.165) is 12.8 Å². The minimum Gasteiger partial charge on any atom is -0.480 e. The lowest BCUT2D eigenvalue weighted by atomic mass is 9.99. The van der Waals surface area contributed by atoms with Crippen LogP contribution in [0, 0.1) is 5.92 Å². The van der Waals surface area contributed by atoms with E-state index in [2.05, 4.69) is 10.6 Å². The molecule has 8 nitrogen and oxygen atoms in total. The van der Waals surface area contributed by atoms with Gasteiger partial charge in [-0.2, -0.15) is 0 Å². The molecule has 23 heavy (non-hydrogen) atoms. The molecule has 0 aromatic heterocycles. The van der Waals surface area contributed by atoms with Gasteiger partial charge in [-0.1, -0.05) is 26.7 Å². The monoisotopic (exact) mass is 330 g/mol. The molecule has 2 amide bonds. The molecule has 0 rings (SSSR count). The third-order valence-corrected chi connectivity index (χ3v) is 3.83. The molecule has 0 aliphatic rings. The highest BCUT2D eigenvalue weighted by molar-refractivity contribution is 5.91. The third-order valence-electron chi connectivity index (χ3n) is 3.83. The molecular formula is C15H30N4O4. The first-order valence-electron chi connectivity index (χ1n) is 8.03. The zero-order valence-electron chi connectivity index (χ0n) is 14.2. The number of carbonyl (C=O) groups is 3. The molecule has 8 heteroatoms. The molecule has 0 aliphatic heterocycles. The van der Waals surface area contributed by atoms with E-state index in [1.165, 1.54) is 6.92 Å². The van der Waals surface area contributed by atoms with Crippen molar-refractivity contribution in [1.82, 2.24) is 10.6 Å². The van der Waals surface area contributed by atoms with E-state index in [9.17, 15) is 14.4 Å². The van der Waals surface area contributed by atoms with Gasteiger partial charge in [0.25, 0.3) is 0 Å². The maximum atomic E-state index is 12.1. The topological polar surface area (TPSA) is 148 Å². The van der Waals surface area contributed by atoms with E-state index in [4.69, 9.17) is 16.6 Å². The number of nitrogens with two attached hydrogens (primary N) is 2. The van der Waals surface area contributed by atoms with E-state index in [0.29, 0.717) is 19.4 Å². The van der Waals surface area contributed by atoms with Crippen LogP contribution in [0.3, 0.4) is 0 Å². The fourth-order valence-corrected chi connectivity index (χ4v) is 1.99. The van der Waals surface area contributed by atoms with Gasteiger partial charge in [0.15, 0.2) is 0 Å². The zero-order valence-corrected chi connectivity index (χ0v) is 14.2. The largest absolute Gasteiger partial charge is 0.480 e. The highest BCUT2D eigenvalue weighted by Gasteiger charge is 2.28. The molecule has 0 bridgehead atoms. The van der Waals surface area contributed by atoms with Gasteiger partial charge in [0, 0.05) is 0 Å². The van der Waals surface area contributed by atoms with Crippen molar-refractivity contribution in [3.05, 3.63) is 0 Å². The average Bonchev–Trinajstić information content (AvgIpc) is 2.51. The van der Waals surface area contributed by atoms with E-state index < -0.39 is 35.9 Å². The highest BCUT2D eigenvalue weighted by atomic mass is 16.4. The molecule has 0 aromatic rings. The lowest BCUT2D eigenvalue weighted by Gasteiger charge is -2.23. The summed E-state index contributed by atoms with van der Waals surface area (Å²) in [7, 11) is 0. The van der Waals surface area contributed by atoms with Crippen LogP contribution in [-0.4, -0.2) is 47.6 Å². The van der Waals surface area contributed by atoms with Gasteiger partial charge in [-0.25, -0.2) is 4.79 Å². The summed E-state index contributed by atoms with van der Waals surface area (Å²) in [6.07, 6.45) is 2.62. The summed E-state index contributed by atoms with van der Waals surface area (Å²) in [6.45, 7) is 5.63. The van der Waals surface area contributed by atoms with Crippen molar-refractivity contribution < 1.29 is 19.5 Å². The van der Waals surface area contributed by atoms with Gasteiger partial charge in [0.1, 0.15) is 12.1 Å². The maximum Gasteiger partial charge on any atom is 0.326 e. The molecule has 0 aliphatic carbocycles. The van der Waals surface area contributed by atoms with Gasteiger partial charge in [0.05, 0.1) is 6.04 Å². The fourth-order valence-electron chi connectivity index (χ4n) is 1.99. The van der Waals surface area contributed by atoms with Crippen molar-refractivity contribution >= 4 is 17.8 Å². The predicted molar refractivity (Wildman–Crippen MR) is 87.5 cm³/mol. The molecule has 0 spiro atoms. The molecule has 0 fully saturated rings. The van der Waals surface area contributed by atoms with Crippen molar-refractivity contribution in [1.29, 1.82) is 0 Å². The van der Waals surface area contributed by atoms with Crippen LogP contribution in [0.2, 0.25) is 0 Å². The Morgan fingerprint density at radius 3 is 2.17 bits per heavy atom. The Hall–Kier alpha value is -1.67. The van der Waals surface area contributed by atoms with Gasteiger partial charge < -0.3 is 27.2 Å². The third kappa shape index (κ3) is 7.94. The van der Waals surface area contributed by atoms with E-state index >= 15 is 0 Å². The Balaban J connectivity index is 4.47. The summed E-state index contributed by atoms with van der Waals surface area (Å²) in [6, 6.07) is -2.54. The van der Waals surface area contributed by atoms with Gasteiger partial charge in [-0.3, -0.25) is 9.59 Å². The molecule has 134 valence electrons. The molecule has 0 saturated heterocycles. The Kier molecular flexibility index (Phi) is 10.2. The summed E-state index contributed by atoms with van der Waals surface area (Å²) in [4.78, 5) is 35.2. The SMILES string of the molecule is CCC(C)C(NC(=O)C(C)NC(=O)C(N)CCCCN)C(=O)O. The van der Waals surface area contributed by atoms with Crippen molar-refractivity contribution in [2.24, 2.45) is 17.4 Å². The molecule has 4 atom stereocenters. The summed E-state index contributed by atoms with van der Waals surface area (Å²) < 4.78 is 0. The van der Waals surface area contributed by atoms with Crippen LogP contribution in [0.15, 0.2) is 0 Å². The molecule has 7 N–H and O–H groups in total. The average molecular weight is 330 g/mol. The van der Waals surface area contributed by atoms with Gasteiger partial charge in [-0.05, 0) is 32.2 Å². The molecular weight excluding hydrogens is 300 g/mol. The van der Waals surface area contributed by atoms with Gasteiger partial charge >= 0.3 is 5.97 Å². The van der Waals surface area contributed by atoms with Crippen molar-refractivity contribution in [3.63, 3.8) is 0 Å². The number of carboxylic acid groups (broad SMARTS) is 1. The van der Waals surface area contributed by atoms with Crippen molar-refractivity contribution in [2.45, 2.75) is 64.6 Å². The van der Waals surface area contributed by atoms with Crippen LogP contribution in [-0.2, 0) is 14.4 Å². The molecule has 4 unspecified atom stereocenters. The number of unbranched alkanes of at least 4 members (excludes halogenated alkanes) is 1. The summed E-state index contributed by atoms with van der Waals surface area (Å²) in [5.41, 5.74) is 11.1. The first-order chi connectivity index (χ1) is 10.7. The van der Waals surface area contributed by atoms with Crippen molar-refractivity contribution in [2.75, 3.05) is 6.54 Å². The second-order valence-corrected chi connectivity index (χ2v) is 5.83. The molecule has 0 radical (unpaired) electrons. The standard InChI is InChI=1S/C15H30N4O4/c1-4-9(2)12(15(22)23)19-13(20)10(3)18-14(21)11(17)7-5-6-8-16/h9-12H,4-8,16-17H2,1-3H3,(H,18,21)(H,19,20)(H,22,23). The van der Waals surface area contributed by atoms with Crippen LogP contribution in [0.25, 0.3) is 0 Å². The second kappa shape index (κ2) is 11.0. The van der Waals surface area contributed by atoms with Crippen LogP contribution in [0.5, 0.6) is 0 Å². The maximum absolute atomic E-state index is 12.1. The highest BCUT2D eigenvalue weighted by Crippen LogP contribution is 2.08. The minimum atomic E-state index is -1.09. The lowest BCUT2D eigenvalue weighted by molar-refractivity contribution is -0.143. The summed E-state index contributed by atoms with van der Waals surface area (Å²) in [5.74, 6) is -2.28. The van der Waals surface area contributed by atoms with E-state index in [1.807, 2.05) is 6.92 Å². The zero-order chi connectivity index (χ0) is 18.0. The number of rotatable bonds is 11. The van der Waals surface area contributed by atoms with Crippen LogP contribution < -0.4 is 22.1 Å². The Morgan fingerprint density at radius 1 is 1.09 bits per heavy atom. The number of nitrogens with one attached hydrogen (secondary N) is 2. The smallest absolute Gasteiger partial charge is 0.326 e. The molecule has 0 saturated carbocycles. The molecule has 0 heterocycles. The Morgan fingerprint density at radius 2 is 1.70 bits per heavy atom. The number of hydrogen-bond donors (Lipinski definition) is 5. The summed E-state index contributed by atoms with van der Waals surface area (Å²) in [5, 5.41) is 14.1. The second-order valence-electron chi connectivity index (χ2n) is 5.83. The number of aliphatic carboxylic acids is 1. The van der Waals surface area contributed by atoms with Gasteiger partial charge in [-0.15, -0.1) is 0 Å². The van der Waals surface area contributed by atoms with Crippen LogP contribution in [0.4, 0.5) is 0 Å². The normalized spacial score (nSPS) is 16.0. The van der Waals surface area contributed by atoms with E-state index in [1.54, 1.807) is 6.92 Å². The number of hydrogen-bond acceptors (Lipinski definition) is 5. The molecule has 0 aromatic carbocycles. The van der Waals surface area contributed by atoms with E-state index in [-0.39, 0.29) is 5.92 Å². The lowest BCUT2D eigenvalue weighted by Crippen LogP contribution is -2.54. The number of carbonyl (C=O) groups excluding carboxylic acids is 2. The van der Waals surface area contributed by atoms with Gasteiger partial charge in [0.2, 0.25) is 11.8 Å². The number of amides is 2. The Labute approximate surface area is 137 Å². The fraction of sp³-hybridized carbons (Fsp3) is 0.800. The first-order valence-corrected chi connectivity index (χ1v) is 8.03. The van der Waals surface area contributed by atoms with Crippen LogP contribution >= 0.6 is 0 Å².